The highest BCUT2D eigenvalue weighted by Crippen LogP contribution is 2.38. The van der Waals surface area contributed by atoms with Crippen molar-refractivity contribution in [3.63, 3.8) is 0 Å². The Hall–Kier alpha value is -3.90. The van der Waals surface area contributed by atoms with Crippen LogP contribution in [0.25, 0.3) is 0 Å². The number of hydrogen-bond donors (Lipinski definition) is 1. The monoisotopic (exact) mass is 612 g/mol. The Morgan fingerprint density at radius 1 is 1.10 bits per heavy atom. The predicted octanol–water partition coefficient (Wildman–Crippen LogP) is 5.05. The minimum atomic E-state index is -1.02. The van der Waals surface area contributed by atoms with E-state index in [1.165, 1.54) is 17.4 Å². The molecule has 0 spiro atoms. The zero-order valence-corrected chi connectivity index (χ0v) is 23.5. The number of ether oxygens (including phenoxy) is 2. The minimum Gasteiger partial charge on any atom is -0.465 e. The highest BCUT2D eigenvalue weighted by Gasteiger charge is 2.36. The summed E-state index contributed by atoms with van der Waals surface area (Å²) in [4.78, 5) is 46.7. The number of esters is 2. The third-order valence-corrected chi connectivity index (χ3v) is 7.29. The summed E-state index contributed by atoms with van der Waals surface area (Å²) in [7, 11) is 0. The van der Waals surface area contributed by atoms with Crippen molar-refractivity contribution in [2.45, 2.75) is 25.8 Å². The number of alkyl halides is 1. The third-order valence-electron chi connectivity index (χ3n) is 5.86. The number of amidine groups is 1. The van der Waals surface area contributed by atoms with Crippen molar-refractivity contribution in [1.82, 2.24) is 10.3 Å². The van der Waals surface area contributed by atoms with Crippen LogP contribution in [0.2, 0.25) is 0 Å². The summed E-state index contributed by atoms with van der Waals surface area (Å²) in [5.41, 5.74) is 1.89. The molecular formula is C27H25BrN4O6S. The summed E-state index contributed by atoms with van der Waals surface area (Å²) >= 11 is 4.67. The van der Waals surface area contributed by atoms with Crippen molar-refractivity contribution in [1.29, 1.82) is 0 Å². The molecule has 0 aliphatic carbocycles. The topological polar surface area (TPSA) is 133 Å². The smallest absolute Gasteiger partial charge is 0.338 e. The molecule has 1 aliphatic rings. The first-order chi connectivity index (χ1) is 18.9. The first-order valence-electron chi connectivity index (χ1n) is 12.1. The molecule has 2 aromatic carbocycles. The summed E-state index contributed by atoms with van der Waals surface area (Å²) in [6.45, 7) is 3.77. The number of benzene rings is 2. The van der Waals surface area contributed by atoms with Gasteiger partial charge in [-0.05, 0) is 25.5 Å². The Labute approximate surface area is 237 Å². The van der Waals surface area contributed by atoms with Crippen LogP contribution in [0.15, 0.2) is 76.2 Å². The van der Waals surface area contributed by atoms with Gasteiger partial charge >= 0.3 is 11.9 Å². The van der Waals surface area contributed by atoms with Gasteiger partial charge in [-0.25, -0.2) is 9.78 Å². The van der Waals surface area contributed by atoms with Gasteiger partial charge in [0.25, 0.3) is 5.69 Å². The number of rotatable bonds is 10. The molecule has 39 heavy (non-hydrogen) atoms. The molecule has 4 rings (SSSR count). The van der Waals surface area contributed by atoms with Crippen LogP contribution < -0.4 is 5.32 Å². The van der Waals surface area contributed by atoms with E-state index in [1.807, 2.05) is 30.3 Å². The van der Waals surface area contributed by atoms with Crippen LogP contribution in [0.1, 0.15) is 47.6 Å². The highest BCUT2D eigenvalue weighted by atomic mass is 79.9. The first kappa shape index (κ1) is 28.1. The predicted molar refractivity (Wildman–Crippen MR) is 150 cm³/mol. The normalized spacial score (nSPS) is 15.7. The van der Waals surface area contributed by atoms with Gasteiger partial charge in [-0.2, -0.15) is 0 Å². The van der Waals surface area contributed by atoms with Crippen molar-refractivity contribution >= 4 is 50.7 Å². The number of thiazole rings is 1. The lowest BCUT2D eigenvalue weighted by Gasteiger charge is -2.26. The number of nitrogens with zero attached hydrogens (tertiary/aromatic N) is 3. The number of nitrogens with one attached hydrogen (secondary N) is 1. The van der Waals surface area contributed by atoms with Crippen LogP contribution in [0.3, 0.4) is 0 Å². The molecule has 0 fully saturated rings. The van der Waals surface area contributed by atoms with Crippen molar-refractivity contribution in [3.8, 4) is 0 Å². The van der Waals surface area contributed by atoms with Gasteiger partial charge in [-0.15, -0.1) is 11.3 Å². The van der Waals surface area contributed by atoms with Gasteiger partial charge < -0.3 is 14.8 Å². The van der Waals surface area contributed by atoms with Gasteiger partial charge in [0.1, 0.15) is 12.0 Å². The van der Waals surface area contributed by atoms with Crippen molar-refractivity contribution in [2.75, 3.05) is 18.5 Å². The largest absolute Gasteiger partial charge is 0.465 e. The number of carbonyl (C=O) groups excluding carboxylic acids is 2. The molecule has 3 aromatic rings. The molecule has 1 aliphatic heterocycles. The summed E-state index contributed by atoms with van der Waals surface area (Å²) in [5.74, 6) is -1.49. The van der Waals surface area contributed by atoms with Gasteiger partial charge in [0.05, 0.1) is 35.0 Å². The second-order valence-electron chi connectivity index (χ2n) is 8.24. The first-order valence-corrected chi connectivity index (χ1v) is 14.1. The lowest BCUT2D eigenvalue weighted by atomic mass is 9.94. The highest BCUT2D eigenvalue weighted by molar-refractivity contribution is 9.09. The number of nitro benzene ring substituents is 1. The Balaban J connectivity index is 1.81. The van der Waals surface area contributed by atoms with Crippen LogP contribution in [0, 0.1) is 10.1 Å². The number of hydrogen-bond acceptors (Lipinski definition) is 10. The molecule has 2 atom stereocenters. The van der Waals surface area contributed by atoms with E-state index in [2.05, 4.69) is 21.2 Å². The molecule has 0 amide bonds. The lowest BCUT2D eigenvalue weighted by molar-refractivity contribution is -0.385. The number of carbonyl (C=O) groups is 2. The molecule has 202 valence electrons. The van der Waals surface area contributed by atoms with Gasteiger partial charge in [-0.1, -0.05) is 58.4 Å². The van der Waals surface area contributed by atoms with Crippen LogP contribution in [0.4, 0.5) is 5.69 Å². The Morgan fingerprint density at radius 3 is 2.46 bits per heavy atom. The number of para-hydroxylation sites is 1. The zero-order chi connectivity index (χ0) is 27.9. The molecule has 2 heterocycles. The average molecular weight is 613 g/mol. The fraction of sp³-hybridized carbons (Fsp3) is 0.259. The van der Waals surface area contributed by atoms with E-state index < -0.39 is 28.8 Å². The van der Waals surface area contributed by atoms with Crippen molar-refractivity contribution < 1.29 is 24.0 Å². The lowest BCUT2D eigenvalue weighted by Crippen LogP contribution is -2.34. The molecule has 1 aromatic heterocycles. The van der Waals surface area contributed by atoms with E-state index in [-0.39, 0.29) is 35.4 Å². The van der Waals surface area contributed by atoms with E-state index in [0.717, 1.165) is 5.56 Å². The number of aliphatic imine (C=N–C) groups is 1. The summed E-state index contributed by atoms with van der Waals surface area (Å²) in [6.07, 6.45) is 0. The number of allylic oxidation sites excluding steroid dienone is 1. The van der Waals surface area contributed by atoms with Crippen LogP contribution >= 0.6 is 27.3 Å². The van der Waals surface area contributed by atoms with E-state index >= 15 is 0 Å². The number of aromatic nitrogens is 1. The van der Waals surface area contributed by atoms with E-state index in [9.17, 15) is 19.7 Å². The summed E-state index contributed by atoms with van der Waals surface area (Å²) < 4.78 is 10.6. The maximum atomic E-state index is 13.0. The average Bonchev–Trinajstić information content (AvgIpc) is 3.43. The van der Waals surface area contributed by atoms with Gasteiger partial charge in [0.2, 0.25) is 0 Å². The van der Waals surface area contributed by atoms with E-state index in [1.54, 1.807) is 37.4 Å². The van der Waals surface area contributed by atoms with Gasteiger partial charge in [0.15, 0.2) is 10.8 Å². The van der Waals surface area contributed by atoms with Crippen molar-refractivity contribution in [2.24, 2.45) is 4.99 Å². The van der Waals surface area contributed by atoms with E-state index in [0.29, 0.717) is 22.2 Å². The minimum absolute atomic E-state index is 0.128. The maximum Gasteiger partial charge on any atom is 0.338 e. The van der Waals surface area contributed by atoms with Crippen molar-refractivity contribution in [3.05, 3.63) is 103 Å². The second-order valence-corrected chi connectivity index (χ2v) is 9.66. The molecule has 2 unspecified atom stereocenters. The quantitative estimate of drug-likeness (QED) is 0.145. The fourth-order valence-electron chi connectivity index (χ4n) is 4.20. The van der Waals surface area contributed by atoms with Gasteiger partial charge in [-0.3, -0.25) is 19.9 Å². The Kier molecular flexibility index (Phi) is 9.20. The number of halogens is 1. The molecule has 0 saturated carbocycles. The summed E-state index contributed by atoms with van der Waals surface area (Å²) in [5, 5.41) is 17.4. The Morgan fingerprint density at radius 2 is 1.79 bits per heavy atom. The van der Waals surface area contributed by atoms with Crippen LogP contribution in [0.5, 0.6) is 0 Å². The fourth-order valence-corrected chi connectivity index (χ4v) is 5.43. The van der Waals surface area contributed by atoms with Crippen LogP contribution in [-0.2, 0) is 19.1 Å². The standard InChI is InChI=1S/C27H25BrN4O6S/c1-3-37-26(33)21(16-10-6-5-7-11-16)19-15-39-25(30-19)24-29-18(14-28)22(27(34)38-4-2)23(31-24)17-12-8-9-13-20(17)32(35)36/h5-13,15,21,23H,3-4,14H2,1-2H3,(H,29,31). The molecule has 0 radical (unpaired) electrons. The summed E-state index contributed by atoms with van der Waals surface area (Å²) in [6, 6.07) is 14.3. The molecular weight excluding hydrogens is 588 g/mol. The SMILES string of the molecule is CCOC(=O)C1=C(CBr)NC(c2nc(C(C(=O)OCC)c3ccccc3)cs2)=NC1c1ccccc1[N+](=O)[O-]. The molecule has 0 saturated heterocycles. The molecule has 12 heteroatoms. The molecule has 1 N–H and O–H groups in total. The van der Waals surface area contributed by atoms with E-state index in [4.69, 9.17) is 19.5 Å². The number of nitro groups is 1. The molecule has 10 nitrogen and oxygen atoms in total. The third kappa shape index (κ3) is 6.07. The second kappa shape index (κ2) is 12.8. The maximum absolute atomic E-state index is 13.0. The van der Waals surface area contributed by atoms with Gasteiger partial charge in [0, 0.05) is 22.5 Å². The Bertz CT molecular complexity index is 1440. The van der Waals surface area contributed by atoms with Crippen LogP contribution in [-0.4, -0.2) is 46.2 Å². The zero-order valence-electron chi connectivity index (χ0n) is 21.1. The molecule has 0 bridgehead atoms.